The number of fused-ring (bicyclic) bond motifs is 2. The Kier molecular flexibility index (Phi) is 16.6. The van der Waals surface area contributed by atoms with E-state index in [9.17, 15) is 14.4 Å². The SMILES string of the molecule is CCC(C)C(=O)OC1(C)C2CC3CC(C2)CC1C3.CCC1C(=O)OC(=O)C1CC.CCC1C2CCC(C2)C1CC.CCC1CCC(OC)OC1CC. The van der Waals surface area contributed by atoms with E-state index in [1.54, 1.807) is 26.4 Å². The molecule has 6 bridgehead atoms. The first-order chi connectivity index (χ1) is 24.9. The van der Waals surface area contributed by atoms with Crippen molar-refractivity contribution in [3.8, 4) is 0 Å². The third-order valence-electron chi connectivity index (χ3n) is 15.3. The van der Waals surface area contributed by atoms with Crippen LogP contribution in [0.2, 0.25) is 0 Å². The highest BCUT2D eigenvalue weighted by molar-refractivity contribution is 5.96. The molecule has 6 aliphatic carbocycles. The minimum Gasteiger partial charge on any atom is -0.459 e. The van der Waals surface area contributed by atoms with Crippen LogP contribution in [0.5, 0.6) is 0 Å². The normalized spacial score (nSPS) is 41.5. The van der Waals surface area contributed by atoms with Gasteiger partial charge in [0.05, 0.1) is 23.9 Å². The Morgan fingerprint density at radius 3 is 1.63 bits per heavy atom. The van der Waals surface area contributed by atoms with Crippen LogP contribution in [0.4, 0.5) is 0 Å². The Balaban J connectivity index is 0.000000159. The van der Waals surface area contributed by atoms with Gasteiger partial charge in [0.1, 0.15) is 5.60 Å². The maximum Gasteiger partial charge on any atom is 0.317 e. The summed E-state index contributed by atoms with van der Waals surface area (Å²) in [5.74, 6) is 7.42. The van der Waals surface area contributed by atoms with Gasteiger partial charge in [0.15, 0.2) is 6.29 Å². The van der Waals surface area contributed by atoms with E-state index in [1.807, 2.05) is 20.8 Å². The lowest BCUT2D eigenvalue weighted by atomic mass is 9.50. The standard InChI is InChI=1S/C16H26O2.C11H20.C10H20O2.C8H12O3/c1-4-10(2)15(17)18-16(3)13-6-11-5-12(8-13)9-14(16)7-11;1-3-10-8-5-6-9(7-8)11(10)4-2;1-4-8-6-7-10(11-3)12-9(8)5-2;1-3-5-6(4-2)8(10)11-7(5)9/h10-14H,4-9H2,1-3H3;8-11H,3-7H2,1-2H3;8-10H,4-7H2,1-3H3;5-6H,3-4H2,1-2H3. The molecule has 10 unspecified atom stereocenters. The summed E-state index contributed by atoms with van der Waals surface area (Å²) < 4.78 is 21.5. The molecule has 8 aliphatic rings. The molecule has 7 heteroatoms. The van der Waals surface area contributed by atoms with Gasteiger partial charge in [0.2, 0.25) is 0 Å². The number of cyclic esters (lactones) is 2. The van der Waals surface area contributed by atoms with Crippen LogP contribution in [0.15, 0.2) is 0 Å². The Morgan fingerprint density at radius 2 is 1.23 bits per heavy atom. The molecular weight excluding hydrogens is 652 g/mol. The predicted molar refractivity (Wildman–Crippen MR) is 207 cm³/mol. The van der Waals surface area contributed by atoms with Crippen molar-refractivity contribution in [1.29, 1.82) is 0 Å². The molecule has 0 aromatic heterocycles. The van der Waals surface area contributed by atoms with E-state index in [0.717, 1.165) is 60.7 Å². The van der Waals surface area contributed by atoms with Crippen molar-refractivity contribution in [2.75, 3.05) is 7.11 Å². The number of esters is 3. The number of carbonyl (C=O) groups is 3. The van der Waals surface area contributed by atoms with Crippen LogP contribution in [0.3, 0.4) is 0 Å². The van der Waals surface area contributed by atoms with Crippen LogP contribution in [0, 0.1) is 71.0 Å². The first-order valence-electron chi connectivity index (χ1n) is 22.1. The van der Waals surface area contributed by atoms with E-state index >= 15 is 0 Å². The fraction of sp³-hybridized carbons (Fsp3) is 0.933. The number of rotatable bonds is 10. The van der Waals surface area contributed by atoms with E-state index in [1.165, 1.54) is 57.8 Å². The van der Waals surface area contributed by atoms with Gasteiger partial charge >= 0.3 is 17.9 Å². The monoisotopic (exact) mass is 731 g/mol. The fourth-order valence-corrected chi connectivity index (χ4v) is 12.0. The van der Waals surface area contributed by atoms with Gasteiger partial charge in [-0.2, -0.15) is 0 Å². The van der Waals surface area contributed by atoms with E-state index in [2.05, 4.69) is 46.3 Å². The van der Waals surface area contributed by atoms with Crippen LogP contribution in [-0.4, -0.2) is 43.0 Å². The lowest BCUT2D eigenvalue weighted by Crippen LogP contribution is -2.58. The highest BCUT2D eigenvalue weighted by Crippen LogP contribution is 2.59. The quantitative estimate of drug-likeness (QED) is 0.163. The van der Waals surface area contributed by atoms with Gasteiger partial charge in [-0.25, -0.2) is 0 Å². The molecule has 2 heterocycles. The topological polar surface area (TPSA) is 88.1 Å². The molecule has 0 aromatic carbocycles. The minimum absolute atomic E-state index is 0.0347. The van der Waals surface area contributed by atoms with Crippen LogP contribution in [0.1, 0.15) is 171 Å². The maximum absolute atomic E-state index is 12.1. The molecule has 0 aromatic rings. The molecule has 2 aliphatic heterocycles. The number of ether oxygens (including phenoxy) is 4. The first-order valence-corrected chi connectivity index (χ1v) is 22.1. The zero-order valence-corrected chi connectivity index (χ0v) is 35.0. The summed E-state index contributed by atoms with van der Waals surface area (Å²) in [7, 11) is 1.73. The largest absolute Gasteiger partial charge is 0.459 e. The molecule has 0 N–H and O–H groups in total. The molecule has 0 radical (unpaired) electrons. The summed E-state index contributed by atoms with van der Waals surface area (Å²) in [5, 5.41) is 0. The number of carbonyl (C=O) groups excluding carboxylic acids is 3. The molecule has 7 nitrogen and oxygen atoms in total. The second kappa shape index (κ2) is 19.9. The zero-order chi connectivity index (χ0) is 38.2. The highest BCUT2D eigenvalue weighted by Gasteiger charge is 2.57. The van der Waals surface area contributed by atoms with E-state index in [4.69, 9.17) is 14.2 Å². The van der Waals surface area contributed by atoms with Crippen LogP contribution in [-0.2, 0) is 33.3 Å². The van der Waals surface area contributed by atoms with Gasteiger partial charge in [-0.1, -0.05) is 74.7 Å². The Morgan fingerprint density at radius 1 is 0.712 bits per heavy atom. The van der Waals surface area contributed by atoms with E-state index in [-0.39, 0.29) is 47.6 Å². The van der Waals surface area contributed by atoms with Crippen molar-refractivity contribution in [3.63, 3.8) is 0 Å². The minimum atomic E-state index is -0.343. The average molecular weight is 731 g/mol. The molecule has 52 heavy (non-hydrogen) atoms. The lowest BCUT2D eigenvalue weighted by Gasteiger charge is -2.59. The second-order valence-electron chi connectivity index (χ2n) is 18.0. The van der Waals surface area contributed by atoms with Crippen molar-refractivity contribution in [3.05, 3.63) is 0 Å². The Labute approximate surface area is 318 Å². The van der Waals surface area contributed by atoms with Crippen molar-refractivity contribution in [1.82, 2.24) is 0 Å². The molecule has 0 spiro atoms. The fourth-order valence-electron chi connectivity index (χ4n) is 12.0. The van der Waals surface area contributed by atoms with Gasteiger partial charge in [0, 0.05) is 7.11 Å². The highest BCUT2D eigenvalue weighted by atomic mass is 16.7. The summed E-state index contributed by atoms with van der Waals surface area (Å²) in [6.07, 6.45) is 21.7. The third kappa shape index (κ3) is 9.84. The lowest BCUT2D eigenvalue weighted by molar-refractivity contribution is -0.206. The molecule has 6 saturated carbocycles. The Bertz CT molecular complexity index is 1070. The predicted octanol–water partition coefficient (Wildman–Crippen LogP) is 11.0. The molecular formula is C45H78O7. The Hall–Kier alpha value is -1.47. The van der Waals surface area contributed by atoms with E-state index in [0.29, 0.717) is 30.8 Å². The average Bonchev–Trinajstić information content (AvgIpc) is 3.85. The van der Waals surface area contributed by atoms with Crippen molar-refractivity contribution >= 4 is 17.9 Å². The molecule has 8 rings (SSSR count). The van der Waals surface area contributed by atoms with Crippen LogP contribution in [0.25, 0.3) is 0 Å². The van der Waals surface area contributed by atoms with Crippen molar-refractivity contribution in [2.45, 2.75) is 189 Å². The summed E-state index contributed by atoms with van der Waals surface area (Å²) in [5.41, 5.74) is -0.145. The van der Waals surface area contributed by atoms with E-state index < -0.39 is 0 Å². The molecule has 8 fully saturated rings. The summed E-state index contributed by atoms with van der Waals surface area (Å²) in [6.45, 7) is 19.3. The molecule has 10 atom stereocenters. The summed E-state index contributed by atoms with van der Waals surface area (Å²) >= 11 is 0. The second-order valence-corrected chi connectivity index (χ2v) is 18.0. The van der Waals surface area contributed by atoms with Crippen LogP contribution >= 0.6 is 0 Å². The summed E-state index contributed by atoms with van der Waals surface area (Å²) in [4.78, 5) is 34.0. The van der Waals surface area contributed by atoms with Crippen molar-refractivity contribution < 1.29 is 33.3 Å². The maximum atomic E-state index is 12.1. The van der Waals surface area contributed by atoms with Gasteiger partial charge in [0.25, 0.3) is 0 Å². The molecule has 2 saturated heterocycles. The molecule has 300 valence electrons. The number of methoxy groups -OCH3 is 1. The molecule has 0 amide bonds. The third-order valence-corrected chi connectivity index (χ3v) is 15.3. The van der Waals surface area contributed by atoms with Crippen molar-refractivity contribution in [2.24, 2.45) is 71.0 Å². The number of hydrogen-bond acceptors (Lipinski definition) is 7. The van der Waals surface area contributed by atoms with Gasteiger partial charge in [-0.05, 0) is 150 Å². The van der Waals surface area contributed by atoms with Gasteiger partial charge in [-0.15, -0.1) is 0 Å². The smallest absolute Gasteiger partial charge is 0.317 e. The zero-order valence-electron chi connectivity index (χ0n) is 35.0. The van der Waals surface area contributed by atoms with Crippen LogP contribution < -0.4 is 0 Å². The first kappa shape index (κ1) is 43.3. The van der Waals surface area contributed by atoms with Gasteiger partial charge < -0.3 is 18.9 Å². The van der Waals surface area contributed by atoms with Gasteiger partial charge in [-0.3, -0.25) is 14.4 Å². The summed E-state index contributed by atoms with van der Waals surface area (Å²) in [6, 6.07) is 0. The number of hydrogen-bond donors (Lipinski definition) is 0.